The summed E-state index contributed by atoms with van der Waals surface area (Å²) in [7, 11) is 0. The highest BCUT2D eigenvalue weighted by molar-refractivity contribution is 5.04. The average molecular weight is 214 g/mol. The topological polar surface area (TPSA) is 56.5 Å². The molecule has 1 atom stereocenters. The van der Waals surface area contributed by atoms with Crippen molar-refractivity contribution in [3.63, 3.8) is 0 Å². The Kier molecular flexibility index (Phi) is 6.39. The van der Waals surface area contributed by atoms with Gasteiger partial charge in [-0.3, -0.25) is 5.84 Å². The fourth-order valence-corrected chi connectivity index (χ4v) is 1.57. The van der Waals surface area contributed by atoms with E-state index in [4.69, 9.17) is 15.3 Å². The first kappa shape index (κ1) is 12.5. The van der Waals surface area contributed by atoms with Gasteiger partial charge in [0, 0.05) is 13.2 Å². The van der Waals surface area contributed by atoms with Gasteiger partial charge in [-0.2, -0.15) is 0 Å². The lowest BCUT2D eigenvalue weighted by Crippen LogP contribution is -2.38. The van der Waals surface area contributed by atoms with Crippen LogP contribution in [0.15, 0.2) is 11.8 Å². The third kappa shape index (κ3) is 4.64. The highest BCUT2D eigenvalue weighted by Crippen LogP contribution is 2.15. The van der Waals surface area contributed by atoms with Crippen molar-refractivity contribution < 1.29 is 9.47 Å². The molecule has 1 unspecified atom stereocenters. The number of allylic oxidation sites excluding steroid dienone is 1. The van der Waals surface area contributed by atoms with E-state index in [0.29, 0.717) is 0 Å². The maximum Gasteiger partial charge on any atom is 0.110 e. The zero-order valence-electron chi connectivity index (χ0n) is 9.50. The molecule has 0 aromatic carbocycles. The Bertz CT molecular complexity index is 195. The van der Waals surface area contributed by atoms with Crippen LogP contribution in [0, 0.1) is 0 Å². The fourth-order valence-electron chi connectivity index (χ4n) is 1.57. The van der Waals surface area contributed by atoms with Crippen LogP contribution in [0.2, 0.25) is 0 Å². The highest BCUT2D eigenvalue weighted by atomic mass is 16.5. The molecular formula is C11H22N2O2. The predicted octanol–water partition coefficient (Wildman–Crippen LogP) is 1.33. The van der Waals surface area contributed by atoms with E-state index in [1.54, 1.807) is 0 Å². The molecule has 1 rings (SSSR count). The number of rotatable bonds is 7. The van der Waals surface area contributed by atoms with Crippen LogP contribution in [0.1, 0.15) is 32.6 Å². The third-order valence-corrected chi connectivity index (χ3v) is 2.41. The first-order valence-electron chi connectivity index (χ1n) is 5.75. The molecule has 0 saturated heterocycles. The molecule has 3 N–H and O–H groups in total. The Balaban J connectivity index is 2.25. The Morgan fingerprint density at radius 1 is 1.60 bits per heavy atom. The Hall–Kier alpha value is -0.580. The van der Waals surface area contributed by atoms with E-state index in [1.807, 2.05) is 0 Å². The molecule has 0 bridgehead atoms. The second-order valence-corrected chi connectivity index (χ2v) is 3.72. The van der Waals surface area contributed by atoms with Crippen LogP contribution in [0.4, 0.5) is 0 Å². The molecular weight excluding hydrogens is 192 g/mol. The van der Waals surface area contributed by atoms with E-state index in [2.05, 4.69) is 18.4 Å². The second kappa shape index (κ2) is 7.68. The normalized spacial score (nSPS) is 18.1. The Morgan fingerprint density at radius 2 is 2.47 bits per heavy atom. The van der Waals surface area contributed by atoms with Gasteiger partial charge in [0.25, 0.3) is 0 Å². The number of hydrazine groups is 1. The molecule has 88 valence electrons. The largest absolute Gasteiger partial charge is 0.497 e. The van der Waals surface area contributed by atoms with E-state index < -0.39 is 0 Å². The van der Waals surface area contributed by atoms with Crippen molar-refractivity contribution in [1.82, 2.24) is 5.43 Å². The van der Waals surface area contributed by atoms with Crippen molar-refractivity contribution in [3.05, 3.63) is 11.8 Å². The second-order valence-electron chi connectivity index (χ2n) is 3.72. The van der Waals surface area contributed by atoms with Gasteiger partial charge in [-0.25, -0.2) is 5.43 Å². The number of nitrogens with two attached hydrogens (primary N) is 1. The van der Waals surface area contributed by atoms with Gasteiger partial charge in [-0.1, -0.05) is 6.92 Å². The van der Waals surface area contributed by atoms with E-state index in [9.17, 15) is 0 Å². The van der Waals surface area contributed by atoms with Gasteiger partial charge in [0.1, 0.15) is 5.76 Å². The van der Waals surface area contributed by atoms with Crippen LogP contribution in [-0.4, -0.2) is 25.9 Å². The molecule has 4 nitrogen and oxygen atoms in total. The molecule has 1 aliphatic heterocycles. The molecule has 0 fully saturated rings. The minimum absolute atomic E-state index is 0.0992. The standard InChI is InChI=1S/C11H22N2O2/c1-2-7-14-9-6-10(13-12)11-5-3-4-8-15-11/h5,10,13H,2-4,6-9,12H2,1H3. The highest BCUT2D eigenvalue weighted by Gasteiger charge is 2.15. The monoisotopic (exact) mass is 214 g/mol. The smallest absolute Gasteiger partial charge is 0.110 e. The van der Waals surface area contributed by atoms with Crippen molar-refractivity contribution in [2.75, 3.05) is 19.8 Å². The average Bonchev–Trinajstić information content (AvgIpc) is 2.30. The van der Waals surface area contributed by atoms with Crippen molar-refractivity contribution in [1.29, 1.82) is 0 Å². The van der Waals surface area contributed by atoms with E-state index in [1.165, 1.54) is 0 Å². The summed E-state index contributed by atoms with van der Waals surface area (Å²) in [6.07, 6.45) is 6.23. The summed E-state index contributed by atoms with van der Waals surface area (Å²) in [6.45, 7) is 4.45. The van der Waals surface area contributed by atoms with Crippen LogP contribution in [-0.2, 0) is 9.47 Å². The minimum Gasteiger partial charge on any atom is -0.497 e. The van der Waals surface area contributed by atoms with Gasteiger partial charge in [-0.05, 0) is 31.8 Å². The molecule has 1 aliphatic rings. The van der Waals surface area contributed by atoms with Gasteiger partial charge >= 0.3 is 0 Å². The summed E-state index contributed by atoms with van der Waals surface area (Å²) in [5.41, 5.74) is 2.78. The van der Waals surface area contributed by atoms with Crippen molar-refractivity contribution in [2.45, 2.75) is 38.6 Å². The summed E-state index contributed by atoms with van der Waals surface area (Å²) in [5, 5.41) is 0. The van der Waals surface area contributed by atoms with Gasteiger partial charge in [0.05, 0.1) is 12.6 Å². The zero-order valence-corrected chi connectivity index (χ0v) is 9.50. The van der Waals surface area contributed by atoms with Gasteiger partial charge in [0.2, 0.25) is 0 Å². The number of ether oxygens (including phenoxy) is 2. The van der Waals surface area contributed by atoms with Crippen LogP contribution in [0.5, 0.6) is 0 Å². The third-order valence-electron chi connectivity index (χ3n) is 2.41. The van der Waals surface area contributed by atoms with Gasteiger partial charge in [0.15, 0.2) is 0 Å². The van der Waals surface area contributed by atoms with E-state index in [0.717, 1.165) is 51.3 Å². The molecule has 0 spiro atoms. The molecule has 0 radical (unpaired) electrons. The van der Waals surface area contributed by atoms with Crippen molar-refractivity contribution >= 4 is 0 Å². The van der Waals surface area contributed by atoms with Crippen LogP contribution < -0.4 is 11.3 Å². The van der Waals surface area contributed by atoms with Gasteiger partial charge < -0.3 is 9.47 Å². The summed E-state index contributed by atoms with van der Waals surface area (Å²) < 4.78 is 11.0. The Labute approximate surface area is 91.8 Å². The number of hydrogen-bond acceptors (Lipinski definition) is 4. The molecule has 0 amide bonds. The number of hydrogen-bond donors (Lipinski definition) is 2. The molecule has 0 saturated carbocycles. The van der Waals surface area contributed by atoms with Gasteiger partial charge in [-0.15, -0.1) is 0 Å². The summed E-state index contributed by atoms with van der Waals surface area (Å²) >= 11 is 0. The fraction of sp³-hybridized carbons (Fsp3) is 0.818. The maximum atomic E-state index is 5.55. The van der Waals surface area contributed by atoms with E-state index in [-0.39, 0.29) is 6.04 Å². The first-order valence-corrected chi connectivity index (χ1v) is 5.75. The molecule has 15 heavy (non-hydrogen) atoms. The summed E-state index contributed by atoms with van der Waals surface area (Å²) in [4.78, 5) is 0. The molecule has 0 aromatic rings. The maximum absolute atomic E-state index is 5.55. The van der Waals surface area contributed by atoms with Crippen molar-refractivity contribution in [3.8, 4) is 0 Å². The number of nitrogens with one attached hydrogen (secondary N) is 1. The molecule has 0 aliphatic carbocycles. The minimum atomic E-state index is 0.0992. The lowest BCUT2D eigenvalue weighted by molar-refractivity contribution is 0.111. The Morgan fingerprint density at radius 3 is 3.07 bits per heavy atom. The lowest BCUT2D eigenvalue weighted by atomic mass is 10.1. The lowest BCUT2D eigenvalue weighted by Gasteiger charge is -2.23. The van der Waals surface area contributed by atoms with Crippen LogP contribution in [0.3, 0.4) is 0 Å². The SMILES string of the molecule is CCCOCCC(NN)C1=CCCCO1. The molecule has 1 heterocycles. The van der Waals surface area contributed by atoms with E-state index >= 15 is 0 Å². The molecule has 4 heteroatoms. The van der Waals surface area contributed by atoms with Crippen molar-refractivity contribution in [2.24, 2.45) is 5.84 Å². The predicted molar refractivity (Wildman–Crippen MR) is 60.1 cm³/mol. The first-order chi connectivity index (χ1) is 7.38. The van der Waals surface area contributed by atoms with Crippen LogP contribution in [0.25, 0.3) is 0 Å². The van der Waals surface area contributed by atoms with Crippen LogP contribution >= 0.6 is 0 Å². The summed E-state index contributed by atoms with van der Waals surface area (Å²) in [5.74, 6) is 6.47. The molecule has 0 aromatic heterocycles. The summed E-state index contributed by atoms with van der Waals surface area (Å²) in [6, 6.07) is 0.0992. The quantitative estimate of drug-likeness (QED) is 0.381. The zero-order chi connectivity index (χ0) is 10.9.